The number of nitrogens with zero attached hydrogens (tertiary/aromatic N) is 2. The molecule has 0 saturated carbocycles. The molecule has 1 aliphatic heterocycles. The van der Waals surface area contributed by atoms with Crippen molar-refractivity contribution >= 4 is 5.91 Å². The molecule has 128 valence electrons. The zero-order valence-corrected chi connectivity index (χ0v) is 14.0. The fourth-order valence-electron chi connectivity index (χ4n) is 3.09. The zero-order valence-electron chi connectivity index (χ0n) is 14.0. The smallest absolute Gasteiger partial charge is 0.263 e. The molecule has 0 aliphatic carbocycles. The molecule has 1 fully saturated rings. The summed E-state index contributed by atoms with van der Waals surface area (Å²) < 4.78 is 18.6. The highest BCUT2D eigenvalue weighted by Gasteiger charge is 2.29. The first-order valence-electron chi connectivity index (χ1n) is 8.26. The van der Waals surface area contributed by atoms with Gasteiger partial charge in [0.1, 0.15) is 11.6 Å². The van der Waals surface area contributed by atoms with Crippen LogP contribution in [-0.2, 0) is 4.79 Å². The summed E-state index contributed by atoms with van der Waals surface area (Å²) in [5.41, 5.74) is 2.04. The second-order valence-electron chi connectivity index (χ2n) is 6.31. The molecule has 2 atom stereocenters. The predicted octanol–water partition coefficient (Wildman–Crippen LogP) is 3.03. The van der Waals surface area contributed by atoms with E-state index in [-0.39, 0.29) is 17.6 Å². The second kappa shape index (κ2) is 7.03. The third kappa shape index (κ3) is 3.75. The van der Waals surface area contributed by atoms with Crippen molar-refractivity contribution in [3.05, 3.63) is 47.5 Å². The fraction of sp³-hybridized carbons (Fsp3) is 0.444. The monoisotopic (exact) mass is 331 g/mol. The molecule has 1 N–H and O–H groups in total. The van der Waals surface area contributed by atoms with Crippen LogP contribution in [0.2, 0.25) is 0 Å². The Morgan fingerprint density at radius 1 is 1.42 bits per heavy atom. The molecule has 0 spiro atoms. The van der Waals surface area contributed by atoms with Crippen molar-refractivity contribution < 1.29 is 13.9 Å². The van der Waals surface area contributed by atoms with Gasteiger partial charge in [-0.2, -0.15) is 5.10 Å². The van der Waals surface area contributed by atoms with E-state index in [2.05, 4.69) is 10.2 Å². The van der Waals surface area contributed by atoms with Crippen molar-refractivity contribution in [3.63, 3.8) is 0 Å². The van der Waals surface area contributed by atoms with Crippen LogP contribution >= 0.6 is 0 Å². The van der Waals surface area contributed by atoms with Crippen LogP contribution in [0.25, 0.3) is 0 Å². The number of rotatable bonds is 4. The molecule has 3 rings (SSSR count). The number of aryl methyl sites for hydroxylation is 1. The molecule has 1 aromatic carbocycles. The summed E-state index contributed by atoms with van der Waals surface area (Å²) in [6.07, 6.45) is 1.38. The van der Waals surface area contributed by atoms with Crippen molar-refractivity contribution in [2.45, 2.75) is 38.7 Å². The molecule has 24 heavy (non-hydrogen) atoms. The number of H-pyrrole nitrogens is 1. The lowest BCUT2D eigenvalue weighted by Gasteiger charge is -2.33. The zero-order chi connectivity index (χ0) is 17.1. The van der Waals surface area contributed by atoms with Crippen LogP contribution in [-0.4, -0.2) is 40.2 Å². The Bertz CT molecular complexity index is 699. The van der Waals surface area contributed by atoms with E-state index in [4.69, 9.17) is 4.74 Å². The number of aromatic amines is 1. The maximum atomic E-state index is 12.9. The van der Waals surface area contributed by atoms with E-state index in [0.29, 0.717) is 12.3 Å². The molecule has 6 heteroatoms. The number of benzene rings is 1. The number of carbonyl (C=O) groups excluding carboxylic acids is 1. The van der Waals surface area contributed by atoms with Crippen molar-refractivity contribution in [1.29, 1.82) is 0 Å². The van der Waals surface area contributed by atoms with E-state index >= 15 is 0 Å². The van der Waals surface area contributed by atoms with E-state index in [1.54, 1.807) is 6.92 Å². The second-order valence-corrected chi connectivity index (χ2v) is 6.31. The van der Waals surface area contributed by atoms with Gasteiger partial charge in [-0.1, -0.05) is 0 Å². The summed E-state index contributed by atoms with van der Waals surface area (Å²) >= 11 is 0. The van der Waals surface area contributed by atoms with Gasteiger partial charge in [0.05, 0.1) is 5.69 Å². The number of hydrogen-bond donors (Lipinski definition) is 1. The van der Waals surface area contributed by atoms with Gasteiger partial charge in [-0.05, 0) is 57.0 Å². The average molecular weight is 331 g/mol. The standard InChI is InChI=1S/C18H22FN3O2/c1-12-10-17(21-20-12)14-4-3-9-22(11-14)18(23)13(2)24-16-7-5-15(19)6-8-16/h5-8,10,13-14H,3-4,9,11H2,1-2H3,(H,20,21)/t13-,14-/m1/s1. The quantitative estimate of drug-likeness (QED) is 0.937. The molecular weight excluding hydrogens is 309 g/mol. The van der Waals surface area contributed by atoms with E-state index in [0.717, 1.165) is 30.8 Å². The van der Waals surface area contributed by atoms with Gasteiger partial charge in [0.2, 0.25) is 0 Å². The van der Waals surface area contributed by atoms with Crippen LogP contribution in [0.15, 0.2) is 30.3 Å². The normalized spacial score (nSPS) is 19.1. The van der Waals surface area contributed by atoms with Crippen LogP contribution in [0.3, 0.4) is 0 Å². The van der Waals surface area contributed by atoms with Gasteiger partial charge >= 0.3 is 0 Å². The van der Waals surface area contributed by atoms with Gasteiger partial charge in [0.25, 0.3) is 5.91 Å². The maximum absolute atomic E-state index is 12.9. The Morgan fingerprint density at radius 3 is 2.83 bits per heavy atom. The Labute approximate surface area is 140 Å². The summed E-state index contributed by atoms with van der Waals surface area (Å²) in [5.74, 6) is 0.380. The van der Waals surface area contributed by atoms with Gasteiger partial charge in [-0.3, -0.25) is 9.89 Å². The minimum atomic E-state index is -0.602. The lowest BCUT2D eigenvalue weighted by Crippen LogP contribution is -2.45. The minimum Gasteiger partial charge on any atom is -0.481 e. The van der Waals surface area contributed by atoms with Gasteiger partial charge in [0.15, 0.2) is 6.10 Å². The largest absolute Gasteiger partial charge is 0.481 e. The molecular formula is C18H22FN3O2. The van der Waals surface area contributed by atoms with Crippen LogP contribution in [0.5, 0.6) is 5.75 Å². The Kier molecular flexibility index (Phi) is 4.83. The SMILES string of the molecule is Cc1cc([C@@H]2CCCN(C(=O)[C@@H](C)Oc3ccc(F)cc3)C2)n[nH]1. The number of likely N-dealkylation sites (tertiary alicyclic amines) is 1. The molecule has 1 saturated heterocycles. The first-order chi connectivity index (χ1) is 11.5. The van der Waals surface area contributed by atoms with Crippen LogP contribution in [0.1, 0.15) is 37.1 Å². The number of ether oxygens (including phenoxy) is 1. The van der Waals surface area contributed by atoms with Gasteiger partial charge in [0, 0.05) is 24.7 Å². The number of halogens is 1. The van der Waals surface area contributed by atoms with Crippen molar-refractivity contribution in [1.82, 2.24) is 15.1 Å². The number of nitrogens with one attached hydrogen (secondary N) is 1. The highest BCUT2D eigenvalue weighted by atomic mass is 19.1. The molecule has 1 aromatic heterocycles. The van der Waals surface area contributed by atoms with Crippen molar-refractivity contribution in [2.75, 3.05) is 13.1 Å². The average Bonchev–Trinajstić information content (AvgIpc) is 3.03. The summed E-state index contributed by atoms with van der Waals surface area (Å²) in [5, 5.41) is 7.29. The first kappa shape index (κ1) is 16.5. The number of hydrogen-bond acceptors (Lipinski definition) is 3. The Balaban J connectivity index is 1.62. The highest BCUT2D eigenvalue weighted by Crippen LogP contribution is 2.26. The van der Waals surface area contributed by atoms with Crippen molar-refractivity contribution in [2.24, 2.45) is 0 Å². The third-order valence-electron chi connectivity index (χ3n) is 4.35. The number of aromatic nitrogens is 2. The minimum absolute atomic E-state index is 0.0451. The highest BCUT2D eigenvalue weighted by molar-refractivity contribution is 5.81. The van der Waals surface area contributed by atoms with E-state index in [1.165, 1.54) is 24.3 Å². The first-order valence-corrected chi connectivity index (χ1v) is 8.26. The van der Waals surface area contributed by atoms with Crippen LogP contribution < -0.4 is 4.74 Å². The summed E-state index contributed by atoms with van der Waals surface area (Å²) in [4.78, 5) is 14.5. The third-order valence-corrected chi connectivity index (χ3v) is 4.35. The molecule has 1 amide bonds. The molecule has 0 bridgehead atoms. The number of piperidine rings is 1. The molecule has 2 aromatic rings. The van der Waals surface area contributed by atoms with Crippen LogP contribution in [0, 0.1) is 12.7 Å². The molecule has 0 unspecified atom stereocenters. The van der Waals surface area contributed by atoms with Crippen LogP contribution in [0.4, 0.5) is 4.39 Å². The fourth-order valence-corrected chi connectivity index (χ4v) is 3.09. The lowest BCUT2D eigenvalue weighted by atomic mass is 9.94. The van der Waals surface area contributed by atoms with E-state index in [9.17, 15) is 9.18 Å². The van der Waals surface area contributed by atoms with Gasteiger partial charge < -0.3 is 9.64 Å². The summed E-state index contributed by atoms with van der Waals surface area (Å²) in [6, 6.07) is 7.75. The van der Waals surface area contributed by atoms with Gasteiger partial charge in [-0.25, -0.2) is 4.39 Å². The molecule has 5 nitrogen and oxygen atoms in total. The predicted molar refractivity (Wildman–Crippen MR) is 88.4 cm³/mol. The van der Waals surface area contributed by atoms with E-state index < -0.39 is 6.10 Å². The summed E-state index contributed by atoms with van der Waals surface area (Å²) in [6.45, 7) is 5.09. The van der Waals surface area contributed by atoms with Gasteiger partial charge in [-0.15, -0.1) is 0 Å². The van der Waals surface area contributed by atoms with Crippen molar-refractivity contribution in [3.8, 4) is 5.75 Å². The number of amides is 1. The molecule has 1 aliphatic rings. The topological polar surface area (TPSA) is 58.2 Å². The van der Waals surface area contributed by atoms with E-state index in [1.807, 2.05) is 17.9 Å². The molecule has 0 radical (unpaired) electrons. The Morgan fingerprint density at radius 2 is 2.17 bits per heavy atom. The lowest BCUT2D eigenvalue weighted by molar-refractivity contribution is -0.139. The Hall–Kier alpha value is -2.37. The molecule has 2 heterocycles. The maximum Gasteiger partial charge on any atom is 0.263 e. The summed E-state index contributed by atoms with van der Waals surface area (Å²) in [7, 11) is 0. The number of carbonyl (C=O) groups is 1.